The molecule has 1 aromatic heterocycles. The number of hydrogen-bond acceptors (Lipinski definition) is 2. The van der Waals surface area contributed by atoms with Crippen molar-refractivity contribution < 1.29 is 9.90 Å². The molecule has 1 N–H and O–H groups in total. The van der Waals surface area contributed by atoms with Crippen molar-refractivity contribution >= 4 is 12.0 Å². The Kier molecular flexibility index (Phi) is 2.98. The van der Waals surface area contributed by atoms with Crippen LogP contribution in [0.25, 0.3) is 6.08 Å². The van der Waals surface area contributed by atoms with Gasteiger partial charge in [-0.05, 0) is 6.08 Å². The maximum atomic E-state index is 10.4. The van der Waals surface area contributed by atoms with E-state index in [1.165, 1.54) is 0 Å². The molecule has 1 rings (SSSR count). The van der Waals surface area contributed by atoms with Crippen LogP contribution in [0.15, 0.2) is 12.3 Å². The lowest BCUT2D eigenvalue weighted by Crippen LogP contribution is -2.13. The van der Waals surface area contributed by atoms with Crippen LogP contribution in [-0.4, -0.2) is 20.9 Å². The molecule has 0 fully saturated rings. The van der Waals surface area contributed by atoms with Crippen LogP contribution in [0.2, 0.25) is 0 Å². The third kappa shape index (κ3) is 2.94. The van der Waals surface area contributed by atoms with Crippen molar-refractivity contribution in [2.24, 2.45) is 7.05 Å². The van der Waals surface area contributed by atoms with Crippen molar-refractivity contribution in [1.29, 1.82) is 0 Å². The molecule has 15 heavy (non-hydrogen) atoms. The van der Waals surface area contributed by atoms with Gasteiger partial charge in [0, 0.05) is 30.3 Å². The van der Waals surface area contributed by atoms with Gasteiger partial charge in [0.25, 0.3) is 0 Å². The number of rotatable bonds is 2. The fraction of sp³-hybridized carbons (Fsp3) is 0.455. The molecule has 0 aliphatic carbocycles. The molecule has 0 bridgehead atoms. The minimum absolute atomic E-state index is 0.0839. The highest BCUT2D eigenvalue weighted by Gasteiger charge is 2.20. The Labute approximate surface area is 89.2 Å². The zero-order valence-corrected chi connectivity index (χ0v) is 9.48. The summed E-state index contributed by atoms with van der Waals surface area (Å²) in [5, 5.41) is 12.9. The molecule has 0 unspecified atom stereocenters. The van der Waals surface area contributed by atoms with E-state index >= 15 is 0 Å². The molecule has 0 atom stereocenters. The zero-order valence-electron chi connectivity index (χ0n) is 9.48. The first-order valence-electron chi connectivity index (χ1n) is 4.76. The molecule has 0 saturated carbocycles. The van der Waals surface area contributed by atoms with E-state index in [1.807, 2.05) is 34.0 Å². The predicted octanol–water partition coefficient (Wildman–Crippen LogP) is 1.82. The number of aryl methyl sites for hydroxylation is 1. The van der Waals surface area contributed by atoms with Crippen molar-refractivity contribution in [3.8, 4) is 0 Å². The fourth-order valence-corrected chi connectivity index (χ4v) is 1.37. The second-order valence-electron chi connectivity index (χ2n) is 4.53. The topological polar surface area (TPSA) is 55.1 Å². The van der Waals surface area contributed by atoms with Crippen LogP contribution in [0.1, 0.15) is 32.0 Å². The molecular formula is C11H16N2O2. The maximum absolute atomic E-state index is 10.4. The molecule has 0 aromatic carbocycles. The number of aliphatic carboxylic acids is 1. The van der Waals surface area contributed by atoms with E-state index in [4.69, 9.17) is 5.11 Å². The van der Waals surface area contributed by atoms with E-state index in [1.54, 1.807) is 10.8 Å². The van der Waals surface area contributed by atoms with Gasteiger partial charge in [-0.25, -0.2) is 4.79 Å². The molecule has 4 heteroatoms. The minimum atomic E-state index is -0.946. The first-order chi connectivity index (χ1) is 6.80. The van der Waals surface area contributed by atoms with Gasteiger partial charge in [0.15, 0.2) is 0 Å². The molecule has 0 amide bonds. The van der Waals surface area contributed by atoms with Crippen LogP contribution in [-0.2, 0) is 17.3 Å². The van der Waals surface area contributed by atoms with E-state index in [-0.39, 0.29) is 5.41 Å². The van der Waals surface area contributed by atoms with Gasteiger partial charge in [0.2, 0.25) is 0 Å². The Morgan fingerprint density at radius 2 is 2.13 bits per heavy atom. The average molecular weight is 208 g/mol. The molecule has 1 heterocycles. The monoisotopic (exact) mass is 208 g/mol. The molecule has 82 valence electrons. The van der Waals surface area contributed by atoms with Gasteiger partial charge in [-0.3, -0.25) is 4.68 Å². The molecule has 0 aliphatic heterocycles. The Balaban J connectivity index is 3.13. The molecule has 0 aliphatic rings. The van der Waals surface area contributed by atoms with Gasteiger partial charge in [-0.15, -0.1) is 0 Å². The summed E-state index contributed by atoms with van der Waals surface area (Å²) in [6.07, 6.45) is 4.53. The summed E-state index contributed by atoms with van der Waals surface area (Å²) < 4.78 is 1.70. The molecule has 0 radical (unpaired) electrons. The predicted molar refractivity (Wildman–Crippen MR) is 58.6 cm³/mol. The van der Waals surface area contributed by atoms with E-state index in [0.29, 0.717) is 0 Å². The van der Waals surface area contributed by atoms with Crippen LogP contribution in [0, 0.1) is 0 Å². The van der Waals surface area contributed by atoms with Crippen LogP contribution < -0.4 is 0 Å². The van der Waals surface area contributed by atoms with E-state index in [0.717, 1.165) is 17.3 Å². The number of hydrogen-bond donors (Lipinski definition) is 1. The average Bonchev–Trinajstić information content (AvgIpc) is 2.42. The van der Waals surface area contributed by atoms with E-state index in [9.17, 15) is 4.79 Å². The van der Waals surface area contributed by atoms with E-state index in [2.05, 4.69) is 5.10 Å². The summed E-state index contributed by atoms with van der Waals surface area (Å²) in [6, 6.07) is 0. The van der Waals surface area contributed by atoms with Gasteiger partial charge < -0.3 is 5.11 Å². The molecule has 0 spiro atoms. The Bertz CT molecular complexity index is 397. The summed E-state index contributed by atoms with van der Waals surface area (Å²) >= 11 is 0. The fourth-order valence-electron chi connectivity index (χ4n) is 1.37. The normalized spacial score (nSPS) is 12.3. The summed E-state index contributed by atoms with van der Waals surface area (Å²) in [6.45, 7) is 6.15. The number of carbonyl (C=O) groups is 1. The standard InChI is InChI=1S/C11H16N2O2/c1-11(2,3)10-8(5-6-9(14)15)7-13(4)12-10/h5-7H,1-4H3,(H,14,15)/b6-5+. The quantitative estimate of drug-likeness (QED) is 0.754. The SMILES string of the molecule is Cn1cc(/C=C/C(=O)O)c(C(C)(C)C)n1. The second-order valence-corrected chi connectivity index (χ2v) is 4.53. The third-order valence-corrected chi connectivity index (χ3v) is 1.97. The van der Waals surface area contributed by atoms with Crippen LogP contribution >= 0.6 is 0 Å². The molecule has 4 nitrogen and oxygen atoms in total. The maximum Gasteiger partial charge on any atom is 0.328 e. The lowest BCUT2D eigenvalue weighted by molar-refractivity contribution is -0.131. The number of nitrogens with zero attached hydrogens (tertiary/aromatic N) is 2. The van der Waals surface area contributed by atoms with Crippen molar-refractivity contribution in [2.45, 2.75) is 26.2 Å². The number of aromatic nitrogens is 2. The Morgan fingerprint density at radius 3 is 2.60 bits per heavy atom. The van der Waals surface area contributed by atoms with Gasteiger partial charge in [-0.2, -0.15) is 5.10 Å². The second kappa shape index (κ2) is 3.88. The zero-order chi connectivity index (χ0) is 11.6. The van der Waals surface area contributed by atoms with Crippen LogP contribution in [0.3, 0.4) is 0 Å². The highest BCUT2D eigenvalue weighted by atomic mass is 16.4. The minimum Gasteiger partial charge on any atom is -0.478 e. The summed E-state index contributed by atoms with van der Waals surface area (Å²) in [5.41, 5.74) is 1.68. The third-order valence-electron chi connectivity index (χ3n) is 1.97. The van der Waals surface area contributed by atoms with Crippen molar-refractivity contribution in [3.05, 3.63) is 23.5 Å². The highest BCUT2D eigenvalue weighted by Crippen LogP contribution is 2.24. The smallest absolute Gasteiger partial charge is 0.328 e. The largest absolute Gasteiger partial charge is 0.478 e. The molecule has 0 saturated heterocycles. The number of carboxylic acids is 1. The van der Waals surface area contributed by atoms with Crippen LogP contribution in [0.5, 0.6) is 0 Å². The van der Waals surface area contributed by atoms with Gasteiger partial charge in [-0.1, -0.05) is 20.8 Å². The van der Waals surface area contributed by atoms with Gasteiger partial charge >= 0.3 is 5.97 Å². The van der Waals surface area contributed by atoms with Crippen LogP contribution in [0.4, 0.5) is 0 Å². The van der Waals surface area contributed by atoms with E-state index < -0.39 is 5.97 Å². The molecular weight excluding hydrogens is 192 g/mol. The summed E-state index contributed by atoms with van der Waals surface area (Å²) in [5.74, 6) is -0.946. The first kappa shape index (κ1) is 11.5. The van der Waals surface area contributed by atoms with Gasteiger partial charge in [0.1, 0.15) is 0 Å². The molecule has 1 aromatic rings. The highest BCUT2D eigenvalue weighted by molar-refractivity contribution is 5.85. The lowest BCUT2D eigenvalue weighted by Gasteiger charge is -2.16. The van der Waals surface area contributed by atoms with Crippen molar-refractivity contribution in [3.63, 3.8) is 0 Å². The first-order valence-corrected chi connectivity index (χ1v) is 4.76. The summed E-state index contributed by atoms with van der Waals surface area (Å²) in [7, 11) is 1.83. The Hall–Kier alpha value is -1.58. The van der Waals surface area contributed by atoms with Gasteiger partial charge in [0.05, 0.1) is 5.69 Å². The van der Waals surface area contributed by atoms with Crippen molar-refractivity contribution in [1.82, 2.24) is 9.78 Å². The lowest BCUT2D eigenvalue weighted by atomic mass is 9.89. The number of carboxylic acid groups (broad SMARTS) is 1. The van der Waals surface area contributed by atoms with Crippen molar-refractivity contribution in [2.75, 3.05) is 0 Å². The summed E-state index contributed by atoms with van der Waals surface area (Å²) in [4.78, 5) is 10.4. The Morgan fingerprint density at radius 1 is 1.53 bits per heavy atom.